The second-order valence-corrected chi connectivity index (χ2v) is 6.12. The van der Waals surface area contributed by atoms with Crippen molar-refractivity contribution in [1.29, 1.82) is 0 Å². The van der Waals surface area contributed by atoms with Crippen molar-refractivity contribution in [3.8, 4) is 5.75 Å². The maximum atomic E-state index is 12.2. The molecular formula is C14H24N2O4S. The zero-order valence-electron chi connectivity index (χ0n) is 12.6. The van der Waals surface area contributed by atoms with Crippen molar-refractivity contribution in [2.24, 2.45) is 5.73 Å². The van der Waals surface area contributed by atoms with E-state index in [1.807, 2.05) is 13.8 Å². The van der Waals surface area contributed by atoms with Gasteiger partial charge in [0, 0.05) is 31.9 Å². The zero-order chi connectivity index (χ0) is 15.7. The molecule has 0 amide bonds. The Hall–Kier alpha value is -1.15. The molecule has 0 heterocycles. The van der Waals surface area contributed by atoms with E-state index in [-0.39, 0.29) is 11.4 Å². The van der Waals surface area contributed by atoms with Gasteiger partial charge in [0.15, 0.2) is 0 Å². The summed E-state index contributed by atoms with van der Waals surface area (Å²) >= 11 is 0. The average molecular weight is 316 g/mol. The van der Waals surface area contributed by atoms with Crippen LogP contribution in [0.2, 0.25) is 0 Å². The maximum Gasteiger partial charge on any atom is 0.240 e. The first-order valence-electron chi connectivity index (χ1n) is 7.08. The van der Waals surface area contributed by atoms with E-state index in [4.69, 9.17) is 15.2 Å². The highest BCUT2D eigenvalue weighted by molar-refractivity contribution is 7.89. The summed E-state index contributed by atoms with van der Waals surface area (Å²) in [7, 11) is -3.53. The molecule has 0 spiro atoms. The molecule has 1 aromatic carbocycles. The molecule has 0 aliphatic rings. The molecule has 0 aromatic heterocycles. The topological polar surface area (TPSA) is 90.6 Å². The summed E-state index contributed by atoms with van der Waals surface area (Å²) in [6, 6.07) is 4.71. The second-order valence-electron chi connectivity index (χ2n) is 4.35. The van der Waals surface area contributed by atoms with E-state index in [1.165, 1.54) is 6.07 Å². The van der Waals surface area contributed by atoms with E-state index in [2.05, 4.69) is 4.72 Å². The Morgan fingerprint density at radius 1 is 1.24 bits per heavy atom. The van der Waals surface area contributed by atoms with Gasteiger partial charge in [-0.3, -0.25) is 0 Å². The van der Waals surface area contributed by atoms with Crippen LogP contribution in [0.3, 0.4) is 0 Å². The Balaban J connectivity index is 2.74. The fraction of sp³-hybridized carbons (Fsp3) is 0.571. The van der Waals surface area contributed by atoms with E-state index in [9.17, 15) is 8.42 Å². The number of ether oxygens (including phenoxy) is 2. The van der Waals surface area contributed by atoms with Crippen LogP contribution in [0, 0.1) is 0 Å². The van der Waals surface area contributed by atoms with Gasteiger partial charge in [-0.25, -0.2) is 13.1 Å². The van der Waals surface area contributed by atoms with Crippen LogP contribution >= 0.6 is 0 Å². The van der Waals surface area contributed by atoms with E-state index >= 15 is 0 Å². The van der Waals surface area contributed by atoms with Gasteiger partial charge in [0.2, 0.25) is 10.0 Å². The second kappa shape index (κ2) is 8.99. The number of sulfonamides is 1. The molecule has 3 N–H and O–H groups in total. The SMILES string of the molecule is CCOCCCNS(=O)(=O)c1ccc(OCC)c(CN)c1. The summed E-state index contributed by atoms with van der Waals surface area (Å²) < 4.78 is 37.5. The average Bonchev–Trinajstić information content (AvgIpc) is 2.47. The van der Waals surface area contributed by atoms with E-state index in [0.29, 0.717) is 44.1 Å². The molecule has 0 unspecified atom stereocenters. The lowest BCUT2D eigenvalue weighted by molar-refractivity contribution is 0.146. The van der Waals surface area contributed by atoms with Crippen LogP contribution in [0.15, 0.2) is 23.1 Å². The molecule has 0 fully saturated rings. The molecule has 1 rings (SSSR count). The number of nitrogens with one attached hydrogen (secondary N) is 1. The predicted octanol–water partition coefficient (Wildman–Crippen LogP) is 1.25. The smallest absolute Gasteiger partial charge is 0.240 e. The highest BCUT2D eigenvalue weighted by atomic mass is 32.2. The minimum Gasteiger partial charge on any atom is -0.494 e. The highest BCUT2D eigenvalue weighted by Gasteiger charge is 2.15. The molecule has 0 aliphatic carbocycles. The van der Waals surface area contributed by atoms with Crippen molar-refractivity contribution in [3.05, 3.63) is 23.8 Å². The Bertz CT molecular complexity index is 532. The normalized spacial score (nSPS) is 11.6. The molecule has 0 saturated heterocycles. The molecule has 0 radical (unpaired) electrons. The molecule has 0 saturated carbocycles. The van der Waals surface area contributed by atoms with Gasteiger partial charge in [-0.05, 0) is 38.5 Å². The summed E-state index contributed by atoms with van der Waals surface area (Å²) in [4.78, 5) is 0.197. The van der Waals surface area contributed by atoms with Crippen molar-refractivity contribution >= 4 is 10.0 Å². The van der Waals surface area contributed by atoms with Gasteiger partial charge >= 0.3 is 0 Å². The fourth-order valence-electron chi connectivity index (χ4n) is 1.79. The molecule has 7 heteroatoms. The van der Waals surface area contributed by atoms with Crippen molar-refractivity contribution in [2.75, 3.05) is 26.4 Å². The lowest BCUT2D eigenvalue weighted by Gasteiger charge is -2.12. The quantitative estimate of drug-likeness (QED) is 0.634. The van der Waals surface area contributed by atoms with Gasteiger partial charge in [-0.1, -0.05) is 0 Å². The highest BCUT2D eigenvalue weighted by Crippen LogP contribution is 2.22. The van der Waals surface area contributed by atoms with Crippen LogP contribution in [0.25, 0.3) is 0 Å². The van der Waals surface area contributed by atoms with Gasteiger partial charge in [-0.15, -0.1) is 0 Å². The van der Waals surface area contributed by atoms with Gasteiger partial charge in [0.25, 0.3) is 0 Å². The van der Waals surface area contributed by atoms with E-state index in [0.717, 1.165) is 0 Å². The molecule has 0 aliphatic heterocycles. The molecular weight excluding hydrogens is 292 g/mol. The summed E-state index contributed by atoms with van der Waals surface area (Å²) in [5.74, 6) is 0.621. The number of benzene rings is 1. The number of rotatable bonds is 10. The molecule has 0 atom stereocenters. The first-order chi connectivity index (χ1) is 10.0. The van der Waals surface area contributed by atoms with E-state index < -0.39 is 10.0 Å². The summed E-state index contributed by atoms with van der Waals surface area (Å²) in [5.41, 5.74) is 6.31. The third-order valence-electron chi connectivity index (χ3n) is 2.82. The van der Waals surface area contributed by atoms with E-state index in [1.54, 1.807) is 12.1 Å². The van der Waals surface area contributed by atoms with Crippen LogP contribution in [0.5, 0.6) is 5.75 Å². The van der Waals surface area contributed by atoms with Crippen molar-refractivity contribution in [2.45, 2.75) is 31.7 Å². The van der Waals surface area contributed by atoms with Crippen molar-refractivity contribution < 1.29 is 17.9 Å². The first kappa shape index (κ1) is 17.9. The van der Waals surface area contributed by atoms with Crippen LogP contribution < -0.4 is 15.2 Å². The number of nitrogens with two attached hydrogens (primary N) is 1. The number of hydrogen-bond donors (Lipinski definition) is 2. The minimum absolute atomic E-state index is 0.197. The fourth-order valence-corrected chi connectivity index (χ4v) is 2.91. The van der Waals surface area contributed by atoms with Gasteiger partial charge < -0.3 is 15.2 Å². The van der Waals surface area contributed by atoms with Gasteiger partial charge in [-0.2, -0.15) is 0 Å². The van der Waals surface area contributed by atoms with Gasteiger partial charge in [0.1, 0.15) is 5.75 Å². The van der Waals surface area contributed by atoms with Crippen LogP contribution in [-0.2, 0) is 21.3 Å². The Morgan fingerprint density at radius 2 is 2.00 bits per heavy atom. The zero-order valence-corrected chi connectivity index (χ0v) is 13.4. The summed E-state index contributed by atoms with van der Waals surface area (Å²) in [6.45, 7) is 6.01. The largest absolute Gasteiger partial charge is 0.494 e. The molecule has 0 bridgehead atoms. The van der Waals surface area contributed by atoms with Crippen LogP contribution in [0.4, 0.5) is 0 Å². The van der Waals surface area contributed by atoms with Crippen LogP contribution in [0.1, 0.15) is 25.8 Å². The maximum absolute atomic E-state index is 12.2. The number of hydrogen-bond acceptors (Lipinski definition) is 5. The lowest BCUT2D eigenvalue weighted by atomic mass is 10.2. The van der Waals surface area contributed by atoms with Crippen LogP contribution in [-0.4, -0.2) is 34.8 Å². The van der Waals surface area contributed by atoms with Gasteiger partial charge in [0.05, 0.1) is 11.5 Å². The third kappa shape index (κ3) is 5.62. The summed E-state index contributed by atoms with van der Waals surface area (Å²) in [5, 5.41) is 0. The van der Waals surface area contributed by atoms with Crippen molar-refractivity contribution in [1.82, 2.24) is 4.72 Å². The third-order valence-corrected chi connectivity index (χ3v) is 4.28. The Morgan fingerprint density at radius 3 is 2.62 bits per heavy atom. The lowest BCUT2D eigenvalue weighted by Crippen LogP contribution is -2.25. The summed E-state index contributed by atoms with van der Waals surface area (Å²) in [6.07, 6.45) is 0.633. The molecule has 21 heavy (non-hydrogen) atoms. The predicted molar refractivity (Wildman–Crippen MR) is 81.8 cm³/mol. The standard InChI is InChI=1S/C14H24N2O4S/c1-3-19-9-5-8-16-21(17,18)13-6-7-14(20-4-2)12(10-13)11-15/h6-7,10,16H,3-5,8-9,11,15H2,1-2H3. The molecule has 6 nitrogen and oxygen atoms in total. The minimum atomic E-state index is -3.53. The van der Waals surface area contributed by atoms with Crippen molar-refractivity contribution in [3.63, 3.8) is 0 Å². The molecule has 1 aromatic rings. The molecule has 120 valence electrons. The monoisotopic (exact) mass is 316 g/mol. The Kier molecular flexibility index (Phi) is 7.66. The Labute approximate surface area is 126 Å². The first-order valence-corrected chi connectivity index (χ1v) is 8.56.